The van der Waals surface area contributed by atoms with Crippen LogP contribution >= 0.6 is 0 Å². The number of carboxylic acid groups (broad SMARTS) is 1. The van der Waals surface area contributed by atoms with Gasteiger partial charge in [0, 0.05) is 6.04 Å². The molecule has 21 heavy (non-hydrogen) atoms. The van der Waals surface area contributed by atoms with E-state index in [4.69, 9.17) is 0 Å². The molecule has 0 bridgehead atoms. The van der Waals surface area contributed by atoms with Crippen LogP contribution in [0.2, 0.25) is 0 Å². The molecule has 1 fully saturated rings. The van der Waals surface area contributed by atoms with E-state index in [1.807, 2.05) is 13.8 Å². The molecular weight excluding hydrogens is 264 g/mol. The lowest BCUT2D eigenvalue weighted by atomic mass is 9.83. The molecule has 4 nitrogen and oxygen atoms in total. The number of hydrogen-bond donors (Lipinski definition) is 2. The van der Waals surface area contributed by atoms with Crippen molar-refractivity contribution in [2.45, 2.75) is 77.8 Å². The molecule has 0 aromatic carbocycles. The number of carbonyl (C=O) groups is 1. The molecule has 4 heteroatoms. The average Bonchev–Trinajstić information content (AvgIpc) is 2.80. The molecule has 0 radical (unpaired) electrons. The number of nitrogens with one attached hydrogen (secondary N) is 1. The molecule has 0 aromatic heterocycles. The number of hydrogen-bond acceptors (Lipinski definition) is 3. The molecular formula is C17H34N2O2. The maximum absolute atomic E-state index is 11.9. The van der Waals surface area contributed by atoms with E-state index in [2.05, 4.69) is 24.1 Å². The maximum Gasteiger partial charge on any atom is 0.324 e. The summed E-state index contributed by atoms with van der Waals surface area (Å²) in [5.41, 5.74) is -0.696. The summed E-state index contributed by atoms with van der Waals surface area (Å²) in [6, 6.07) is 0.212. The highest BCUT2D eigenvalue weighted by Crippen LogP contribution is 2.38. The second kappa shape index (κ2) is 8.74. The summed E-state index contributed by atoms with van der Waals surface area (Å²) in [6.45, 7) is 11.8. The normalized spacial score (nSPS) is 25.9. The van der Waals surface area contributed by atoms with Crippen LogP contribution in [0, 0.1) is 5.92 Å². The summed E-state index contributed by atoms with van der Waals surface area (Å²) in [6.07, 6.45) is 6.16. The smallest absolute Gasteiger partial charge is 0.324 e. The van der Waals surface area contributed by atoms with Crippen molar-refractivity contribution >= 4 is 5.97 Å². The Balaban J connectivity index is 2.68. The van der Waals surface area contributed by atoms with Gasteiger partial charge in [-0.25, -0.2) is 0 Å². The monoisotopic (exact) mass is 298 g/mol. The standard InChI is InChI=1S/C17H34N2O2/c1-5-11-19(12-6-2)13-9-15-8-7-10-17(15,16(20)21)18-14(3)4/h14-15,18H,5-13H2,1-4H3,(H,20,21). The molecule has 1 aliphatic carbocycles. The Morgan fingerprint density at radius 2 is 1.90 bits per heavy atom. The third-order valence-electron chi connectivity index (χ3n) is 4.62. The quantitative estimate of drug-likeness (QED) is 0.650. The second-order valence-electron chi connectivity index (χ2n) is 6.80. The van der Waals surface area contributed by atoms with Crippen LogP contribution in [0.15, 0.2) is 0 Å². The van der Waals surface area contributed by atoms with Crippen LogP contribution in [0.1, 0.15) is 66.2 Å². The van der Waals surface area contributed by atoms with E-state index in [1.54, 1.807) is 0 Å². The fraction of sp³-hybridized carbons (Fsp3) is 0.941. The lowest BCUT2D eigenvalue weighted by Gasteiger charge is -2.35. The van der Waals surface area contributed by atoms with Crippen LogP contribution in [-0.2, 0) is 4.79 Å². The highest BCUT2D eigenvalue weighted by molar-refractivity contribution is 5.79. The molecule has 124 valence electrons. The molecule has 0 saturated heterocycles. The largest absolute Gasteiger partial charge is 0.480 e. The lowest BCUT2D eigenvalue weighted by molar-refractivity contribution is -0.147. The first-order valence-corrected chi connectivity index (χ1v) is 8.69. The van der Waals surface area contributed by atoms with Gasteiger partial charge >= 0.3 is 5.97 Å². The minimum absolute atomic E-state index is 0.212. The first-order valence-electron chi connectivity index (χ1n) is 8.69. The van der Waals surface area contributed by atoms with Crippen molar-refractivity contribution in [3.8, 4) is 0 Å². The van der Waals surface area contributed by atoms with Gasteiger partial charge in [-0.05, 0) is 71.5 Å². The van der Waals surface area contributed by atoms with Gasteiger partial charge in [0.2, 0.25) is 0 Å². The van der Waals surface area contributed by atoms with Gasteiger partial charge in [-0.15, -0.1) is 0 Å². The molecule has 1 aliphatic rings. The zero-order valence-electron chi connectivity index (χ0n) is 14.3. The van der Waals surface area contributed by atoms with Crippen LogP contribution < -0.4 is 5.32 Å². The van der Waals surface area contributed by atoms with E-state index in [0.717, 1.165) is 45.3 Å². The minimum atomic E-state index is -0.696. The lowest BCUT2D eigenvalue weighted by Crippen LogP contribution is -2.57. The second-order valence-corrected chi connectivity index (χ2v) is 6.80. The van der Waals surface area contributed by atoms with Gasteiger partial charge in [-0.2, -0.15) is 0 Å². The zero-order chi connectivity index (χ0) is 15.9. The van der Waals surface area contributed by atoms with Gasteiger partial charge in [0.05, 0.1) is 0 Å². The van der Waals surface area contributed by atoms with Gasteiger partial charge in [0.25, 0.3) is 0 Å². The van der Waals surface area contributed by atoms with Crippen molar-refractivity contribution in [2.24, 2.45) is 5.92 Å². The van der Waals surface area contributed by atoms with Gasteiger partial charge in [-0.1, -0.05) is 20.3 Å². The van der Waals surface area contributed by atoms with E-state index in [0.29, 0.717) is 0 Å². The SMILES string of the molecule is CCCN(CCC)CCC1CCCC1(NC(C)C)C(=O)O. The van der Waals surface area contributed by atoms with E-state index in [-0.39, 0.29) is 12.0 Å². The first kappa shape index (κ1) is 18.4. The number of carboxylic acids is 1. The Bertz CT molecular complexity index is 314. The molecule has 0 aliphatic heterocycles. The van der Waals surface area contributed by atoms with Crippen LogP contribution in [0.4, 0.5) is 0 Å². The molecule has 2 unspecified atom stereocenters. The predicted molar refractivity (Wildman–Crippen MR) is 87.6 cm³/mol. The fourth-order valence-corrected chi connectivity index (χ4v) is 3.82. The number of aliphatic carboxylic acids is 1. The summed E-state index contributed by atoms with van der Waals surface area (Å²) >= 11 is 0. The molecule has 0 spiro atoms. The van der Waals surface area contributed by atoms with E-state index in [9.17, 15) is 9.90 Å². The molecule has 0 amide bonds. The van der Waals surface area contributed by atoms with Crippen molar-refractivity contribution in [1.29, 1.82) is 0 Å². The number of rotatable bonds is 10. The molecule has 0 aromatic rings. The zero-order valence-corrected chi connectivity index (χ0v) is 14.3. The van der Waals surface area contributed by atoms with Crippen LogP contribution in [0.3, 0.4) is 0 Å². The van der Waals surface area contributed by atoms with Gasteiger partial charge < -0.3 is 10.0 Å². The molecule has 2 N–H and O–H groups in total. The van der Waals surface area contributed by atoms with Crippen molar-refractivity contribution in [3.05, 3.63) is 0 Å². The first-order chi connectivity index (χ1) is 9.96. The Labute approximate surface area is 130 Å². The Hall–Kier alpha value is -0.610. The van der Waals surface area contributed by atoms with Crippen LogP contribution in [-0.4, -0.2) is 47.2 Å². The van der Waals surface area contributed by atoms with Gasteiger partial charge in [0.1, 0.15) is 5.54 Å². The van der Waals surface area contributed by atoms with Crippen molar-refractivity contribution in [3.63, 3.8) is 0 Å². The van der Waals surface area contributed by atoms with Crippen molar-refractivity contribution in [2.75, 3.05) is 19.6 Å². The Kier molecular flexibility index (Phi) is 7.67. The molecule has 0 heterocycles. The van der Waals surface area contributed by atoms with Crippen LogP contribution in [0.5, 0.6) is 0 Å². The highest BCUT2D eigenvalue weighted by atomic mass is 16.4. The fourth-order valence-electron chi connectivity index (χ4n) is 3.82. The molecule has 1 rings (SSSR count). The van der Waals surface area contributed by atoms with Crippen molar-refractivity contribution in [1.82, 2.24) is 10.2 Å². The Morgan fingerprint density at radius 3 is 2.38 bits per heavy atom. The topological polar surface area (TPSA) is 52.6 Å². The predicted octanol–water partition coefficient (Wildman–Crippen LogP) is 3.12. The summed E-state index contributed by atoms with van der Waals surface area (Å²) in [7, 11) is 0. The van der Waals surface area contributed by atoms with Gasteiger partial charge in [0.15, 0.2) is 0 Å². The summed E-state index contributed by atoms with van der Waals surface area (Å²) in [5, 5.41) is 13.2. The van der Waals surface area contributed by atoms with Crippen molar-refractivity contribution < 1.29 is 9.90 Å². The molecule has 2 atom stereocenters. The van der Waals surface area contributed by atoms with E-state index >= 15 is 0 Å². The number of nitrogens with zero attached hydrogens (tertiary/aromatic N) is 1. The average molecular weight is 298 g/mol. The maximum atomic E-state index is 11.9. The van der Waals surface area contributed by atoms with Gasteiger partial charge in [-0.3, -0.25) is 10.1 Å². The third kappa shape index (κ3) is 4.96. The van der Waals surface area contributed by atoms with Crippen LogP contribution in [0.25, 0.3) is 0 Å². The van der Waals surface area contributed by atoms with E-state index in [1.165, 1.54) is 12.8 Å². The third-order valence-corrected chi connectivity index (χ3v) is 4.62. The summed E-state index contributed by atoms with van der Waals surface area (Å²) in [4.78, 5) is 14.4. The molecule has 1 saturated carbocycles. The summed E-state index contributed by atoms with van der Waals surface area (Å²) < 4.78 is 0. The highest BCUT2D eigenvalue weighted by Gasteiger charge is 2.48. The summed E-state index contributed by atoms with van der Waals surface area (Å²) in [5.74, 6) is -0.398. The van der Waals surface area contributed by atoms with E-state index < -0.39 is 11.5 Å². The Morgan fingerprint density at radius 1 is 1.29 bits per heavy atom. The minimum Gasteiger partial charge on any atom is -0.480 e.